The standard InChI is InChI=1S/C19H22ClN5/c1-21-19(24(2)13-15-6-8-16(20)9-7-15)22-11-10-17-14-25-12-4-3-5-18(25)23-17/h3-9,12,14H,10-11,13H2,1-2H3,(H,21,22). The Morgan fingerprint density at radius 3 is 2.76 bits per heavy atom. The molecule has 6 heteroatoms. The minimum absolute atomic E-state index is 0.751. The van der Waals surface area contributed by atoms with Gasteiger partial charge < -0.3 is 14.6 Å². The van der Waals surface area contributed by atoms with E-state index in [0.717, 1.165) is 41.8 Å². The van der Waals surface area contributed by atoms with E-state index < -0.39 is 0 Å². The summed E-state index contributed by atoms with van der Waals surface area (Å²) in [6, 6.07) is 13.9. The average molecular weight is 356 g/mol. The molecule has 0 spiro atoms. The minimum Gasteiger partial charge on any atom is -0.356 e. The minimum atomic E-state index is 0.751. The molecule has 0 aliphatic heterocycles. The van der Waals surface area contributed by atoms with E-state index in [-0.39, 0.29) is 0 Å². The molecule has 130 valence electrons. The van der Waals surface area contributed by atoms with Crippen molar-refractivity contribution in [2.24, 2.45) is 4.99 Å². The highest BCUT2D eigenvalue weighted by atomic mass is 35.5. The third-order valence-electron chi connectivity index (χ3n) is 3.98. The summed E-state index contributed by atoms with van der Waals surface area (Å²) >= 11 is 5.94. The molecule has 0 atom stereocenters. The highest BCUT2D eigenvalue weighted by Gasteiger charge is 2.07. The van der Waals surface area contributed by atoms with Crippen molar-refractivity contribution in [2.45, 2.75) is 13.0 Å². The molecule has 5 nitrogen and oxygen atoms in total. The van der Waals surface area contributed by atoms with Crippen molar-refractivity contribution in [1.29, 1.82) is 0 Å². The number of rotatable bonds is 5. The highest BCUT2D eigenvalue weighted by molar-refractivity contribution is 6.30. The van der Waals surface area contributed by atoms with Crippen molar-refractivity contribution in [3.8, 4) is 0 Å². The van der Waals surface area contributed by atoms with E-state index in [1.807, 2.05) is 60.1 Å². The Kier molecular flexibility index (Phi) is 5.56. The number of aliphatic imine (C=N–C) groups is 1. The Morgan fingerprint density at radius 2 is 2.04 bits per heavy atom. The number of hydrogen-bond donors (Lipinski definition) is 1. The van der Waals surface area contributed by atoms with Crippen molar-refractivity contribution in [1.82, 2.24) is 19.6 Å². The second-order valence-corrected chi connectivity index (χ2v) is 6.34. The summed E-state index contributed by atoms with van der Waals surface area (Å²) in [5.74, 6) is 0.860. The molecule has 2 heterocycles. The van der Waals surface area contributed by atoms with Crippen molar-refractivity contribution in [2.75, 3.05) is 20.6 Å². The van der Waals surface area contributed by atoms with Gasteiger partial charge in [0.15, 0.2) is 5.96 Å². The first kappa shape index (κ1) is 17.3. The molecule has 0 aliphatic rings. The summed E-state index contributed by atoms with van der Waals surface area (Å²) in [5.41, 5.74) is 3.23. The third kappa shape index (κ3) is 4.51. The lowest BCUT2D eigenvalue weighted by atomic mass is 10.2. The van der Waals surface area contributed by atoms with Gasteiger partial charge in [-0.1, -0.05) is 29.8 Å². The first-order chi connectivity index (χ1) is 12.2. The molecule has 0 amide bonds. The summed E-state index contributed by atoms with van der Waals surface area (Å²) in [6.07, 6.45) is 4.92. The van der Waals surface area contributed by atoms with Crippen LogP contribution in [-0.2, 0) is 13.0 Å². The van der Waals surface area contributed by atoms with Crippen LogP contribution in [0.2, 0.25) is 5.02 Å². The predicted octanol–water partition coefficient (Wildman–Crippen LogP) is 3.24. The molecule has 0 saturated heterocycles. The fraction of sp³-hybridized carbons (Fsp3) is 0.263. The largest absolute Gasteiger partial charge is 0.356 e. The Balaban J connectivity index is 1.54. The Morgan fingerprint density at radius 1 is 1.24 bits per heavy atom. The van der Waals surface area contributed by atoms with E-state index in [2.05, 4.69) is 26.4 Å². The van der Waals surface area contributed by atoms with Gasteiger partial charge in [-0.3, -0.25) is 4.99 Å². The molecule has 0 aliphatic carbocycles. The number of aromatic nitrogens is 2. The van der Waals surface area contributed by atoms with Gasteiger partial charge in [0.1, 0.15) is 5.65 Å². The quantitative estimate of drug-likeness (QED) is 0.564. The first-order valence-corrected chi connectivity index (χ1v) is 8.62. The van der Waals surface area contributed by atoms with Gasteiger partial charge in [-0.25, -0.2) is 4.98 Å². The van der Waals surface area contributed by atoms with Crippen LogP contribution in [0.5, 0.6) is 0 Å². The molecule has 1 N–H and O–H groups in total. The van der Waals surface area contributed by atoms with E-state index in [0.29, 0.717) is 0 Å². The van der Waals surface area contributed by atoms with Crippen LogP contribution in [0, 0.1) is 0 Å². The van der Waals surface area contributed by atoms with E-state index >= 15 is 0 Å². The SMILES string of the molecule is CN=C(NCCc1cn2ccccc2n1)N(C)Cc1ccc(Cl)cc1. The zero-order valence-electron chi connectivity index (χ0n) is 14.5. The zero-order valence-corrected chi connectivity index (χ0v) is 15.2. The van der Waals surface area contributed by atoms with Gasteiger partial charge in [-0.2, -0.15) is 0 Å². The second-order valence-electron chi connectivity index (χ2n) is 5.90. The number of halogens is 1. The molecular weight excluding hydrogens is 334 g/mol. The number of guanidine groups is 1. The molecule has 0 bridgehead atoms. The molecule has 0 unspecified atom stereocenters. The zero-order chi connectivity index (χ0) is 17.6. The average Bonchev–Trinajstić information content (AvgIpc) is 3.03. The monoisotopic (exact) mass is 355 g/mol. The van der Waals surface area contributed by atoms with Crippen LogP contribution in [0.15, 0.2) is 59.9 Å². The number of pyridine rings is 1. The summed E-state index contributed by atoms with van der Waals surface area (Å²) in [5, 5.41) is 4.15. The summed E-state index contributed by atoms with van der Waals surface area (Å²) in [6.45, 7) is 1.55. The van der Waals surface area contributed by atoms with Gasteiger partial charge in [0.2, 0.25) is 0 Å². The summed E-state index contributed by atoms with van der Waals surface area (Å²) in [7, 11) is 3.82. The van der Waals surface area contributed by atoms with E-state index in [9.17, 15) is 0 Å². The topological polar surface area (TPSA) is 44.9 Å². The molecule has 3 rings (SSSR count). The fourth-order valence-electron chi connectivity index (χ4n) is 2.73. The van der Waals surface area contributed by atoms with Crippen molar-refractivity contribution in [3.05, 3.63) is 71.1 Å². The molecule has 2 aromatic heterocycles. The lowest BCUT2D eigenvalue weighted by molar-refractivity contribution is 0.477. The van der Waals surface area contributed by atoms with Gasteiger partial charge in [0, 0.05) is 51.0 Å². The molecule has 3 aromatic rings. The van der Waals surface area contributed by atoms with Crippen LogP contribution in [0.25, 0.3) is 5.65 Å². The maximum atomic E-state index is 5.94. The molecule has 1 aromatic carbocycles. The van der Waals surface area contributed by atoms with Crippen LogP contribution in [0.1, 0.15) is 11.3 Å². The van der Waals surface area contributed by atoms with Crippen LogP contribution in [0.3, 0.4) is 0 Å². The third-order valence-corrected chi connectivity index (χ3v) is 4.24. The van der Waals surface area contributed by atoms with Gasteiger partial charge in [-0.15, -0.1) is 0 Å². The van der Waals surface area contributed by atoms with E-state index in [4.69, 9.17) is 11.6 Å². The highest BCUT2D eigenvalue weighted by Crippen LogP contribution is 2.11. The lowest BCUT2D eigenvalue weighted by Gasteiger charge is -2.22. The maximum absolute atomic E-state index is 5.94. The van der Waals surface area contributed by atoms with Crippen molar-refractivity contribution in [3.63, 3.8) is 0 Å². The number of fused-ring (bicyclic) bond motifs is 1. The number of nitrogens with zero attached hydrogens (tertiary/aromatic N) is 4. The van der Waals surface area contributed by atoms with Crippen LogP contribution >= 0.6 is 11.6 Å². The van der Waals surface area contributed by atoms with Crippen molar-refractivity contribution < 1.29 is 0 Å². The maximum Gasteiger partial charge on any atom is 0.193 e. The van der Waals surface area contributed by atoms with Crippen LogP contribution < -0.4 is 5.32 Å². The number of benzene rings is 1. The Labute approximate surface area is 153 Å². The second kappa shape index (κ2) is 8.03. The van der Waals surface area contributed by atoms with E-state index in [1.54, 1.807) is 7.05 Å². The first-order valence-electron chi connectivity index (χ1n) is 8.24. The van der Waals surface area contributed by atoms with Crippen LogP contribution in [-0.4, -0.2) is 40.9 Å². The van der Waals surface area contributed by atoms with Gasteiger partial charge >= 0.3 is 0 Å². The molecule has 0 saturated carbocycles. The predicted molar refractivity (Wildman–Crippen MR) is 103 cm³/mol. The van der Waals surface area contributed by atoms with Gasteiger partial charge in [-0.05, 0) is 29.8 Å². The smallest absolute Gasteiger partial charge is 0.193 e. The normalized spacial score (nSPS) is 11.7. The number of imidazole rings is 1. The molecule has 0 radical (unpaired) electrons. The van der Waals surface area contributed by atoms with Crippen LogP contribution in [0.4, 0.5) is 0 Å². The van der Waals surface area contributed by atoms with E-state index in [1.165, 1.54) is 5.56 Å². The van der Waals surface area contributed by atoms with Crippen molar-refractivity contribution >= 4 is 23.2 Å². The summed E-state index contributed by atoms with van der Waals surface area (Å²) < 4.78 is 2.04. The van der Waals surface area contributed by atoms with Gasteiger partial charge in [0.25, 0.3) is 0 Å². The molecule has 25 heavy (non-hydrogen) atoms. The molecule has 0 fully saturated rings. The lowest BCUT2D eigenvalue weighted by Crippen LogP contribution is -2.39. The molecular formula is C19H22ClN5. The number of nitrogens with one attached hydrogen (secondary N) is 1. The van der Waals surface area contributed by atoms with Gasteiger partial charge in [0.05, 0.1) is 5.69 Å². The Hall–Kier alpha value is -2.53. The summed E-state index contributed by atoms with van der Waals surface area (Å²) in [4.78, 5) is 11.1. The fourth-order valence-corrected chi connectivity index (χ4v) is 2.86. The number of hydrogen-bond acceptors (Lipinski definition) is 2. The Bertz CT molecular complexity index is 821.